The van der Waals surface area contributed by atoms with Crippen LogP contribution >= 0.6 is 12.6 Å². The van der Waals surface area contributed by atoms with E-state index in [0.717, 1.165) is 4.90 Å². The number of benzene rings is 1. The van der Waals surface area contributed by atoms with E-state index in [1.165, 1.54) is 39.2 Å². The zero-order valence-corrected chi connectivity index (χ0v) is 24.2. The van der Waals surface area contributed by atoms with Crippen molar-refractivity contribution >= 4 is 53.3 Å². The van der Waals surface area contributed by atoms with Crippen LogP contribution in [0.4, 0.5) is 0 Å². The topological polar surface area (TPSA) is 171 Å². The molecule has 14 heteroatoms. The summed E-state index contributed by atoms with van der Waals surface area (Å²) >= 11 is 4.22. The first-order chi connectivity index (χ1) is 18.9. The zero-order chi connectivity index (χ0) is 30.1. The molecule has 2 aromatic rings. The van der Waals surface area contributed by atoms with Crippen molar-refractivity contribution in [2.75, 3.05) is 33.6 Å². The van der Waals surface area contributed by atoms with Gasteiger partial charge in [-0.3, -0.25) is 24.2 Å². The molecule has 4 amide bonds. The summed E-state index contributed by atoms with van der Waals surface area (Å²) in [6.45, 7) is 4.17. The molecule has 0 spiro atoms. The number of carbonyl (C=O) groups is 5. The Kier molecular flexibility index (Phi) is 11.8. The van der Waals surface area contributed by atoms with E-state index in [1.807, 2.05) is 0 Å². The molecule has 13 nitrogen and oxygen atoms in total. The number of aliphatic hydroxyl groups excluding tert-OH is 1. The molecule has 1 aromatic carbocycles. The van der Waals surface area contributed by atoms with Gasteiger partial charge in [0.05, 0.1) is 30.9 Å². The Hall–Kier alpha value is -3.78. The number of aliphatic hydroxyl groups is 1. The van der Waals surface area contributed by atoms with Crippen LogP contribution in [0.25, 0.3) is 11.0 Å². The van der Waals surface area contributed by atoms with E-state index in [2.05, 4.69) is 33.2 Å². The van der Waals surface area contributed by atoms with Gasteiger partial charge in [-0.05, 0) is 25.0 Å². The van der Waals surface area contributed by atoms with E-state index < -0.39 is 60.4 Å². The van der Waals surface area contributed by atoms with E-state index in [-0.39, 0.29) is 17.4 Å². The van der Waals surface area contributed by atoms with Gasteiger partial charge in [0.15, 0.2) is 0 Å². The molecule has 0 radical (unpaired) electrons. The Balaban J connectivity index is 2.08. The molecule has 4 atom stereocenters. The van der Waals surface area contributed by atoms with Crippen LogP contribution in [-0.2, 0) is 23.9 Å². The average molecular weight is 577 g/mol. The number of para-hydroxylation sites is 2. The fourth-order valence-electron chi connectivity index (χ4n) is 4.06. The SMILES string of the molecule is COC(=O)C(C(C)C)N(C)C(=O)[C@H](CS)N(C)C(=O)C(C)NC(=O)C(CO)NC(=O)c1cnc2ccccc2n1. The highest BCUT2D eigenvalue weighted by Gasteiger charge is 2.37. The number of hydrogen-bond donors (Lipinski definition) is 4. The first-order valence-corrected chi connectivity index (χ1v) is 13.2. The highest BCUT2D eigenvalue weighted by atomic mass is 32.1. The van der Waals surface area contributed by atoms with E-state index in [4.69, 9.17) is 4.74 Å². The molecule has 0 saturated carbocycles. The molecule has 1 heterocycles. The third-order valence-corrected chi connectivity index (χ3v) is 6.67. The molecular formula is C26H36N6O7S. The molecule has 0 aliphatic rings. The Bertz CT molecular complexity index is 1240. The van der Waals surface area contributed by atoms with Gasteiger partial charge in [0.25, 0.3) is 5.91 Å². The third kappa shape index (κ3) is 7.66. The number of methoxy groups -OCH3 is 1. The fourth-order valence-corrected chi connectivity index (χ4v) is 4.47. The van der Waals surface area contributed by atoms with Crippen molar-refractivity contribution in [1.29, 1.82) is 0 Å². The van der Waals surface area contributed by atoms with Gasteiger partial charge in [-0.25, -0.2) is 9.78 Å². The van der Waals surface area contributed by atoms with E-state index in [0.29, 0.717) is 11.0 Å². The molecule has 0 aliphatic carbocycles. The number of nitrogens with one attached hydrogen (secondary N) is 2. The van der Waals surface area contributed by atoms with Gasteiger partial charge in [-0.15, -0.1) is 0 Å². The van der Waals surface area contributed by atoms with Crippen LogP contribution in [0.15, 0.2) is 30.5 Å². The van der Waals surface area contributed by atoms with Crippen LogP contribution in [-0.4, -0.2) is 112 Å². The van der Waals surface area contributed by atoms with Crippen molar-refractivity contribution in [3.63, 3.8) is 0 Å². The lowest BCUT2D eigenvalue weighted by molar-refractivity contribution is -0.156. The van der Waals surface area contributed by atoms with Gasteiger partial charge in [-0.2, -0.15) is 12.6 Å². The molecule has 40 heavy (non-hydrogen) atoms. The highest BCUT2D eigenvalue weighted by Crippen LogP contribution is 2.15. The standard InChI is InChI=1S/C26H36N6O7S/c1-14(2)21(26(38)39-6)32(5)25(37)20(13-40)31(4)24(36)15(3)28-23(35)19(12-33)30-22(34)18-11-27-16-9-7-8-10-17(16)29-18/h7-11,14-15,19-21,33,40H,12-13H2,1-6H3,(H,28,35)(H,30,34)/t15?,19?,20-,21?/m0/s1. The number of nitrogens with zero attached hydrogens (tertiary/aromatic N) is 4. The summed E-state index contributed by atoms with van der Waals surface area (Å²) in [5.74, 6) is -3.63. The van der Waals surface area contributed by atoms with Gasteiger partial charge in [-0.1, -0.05) is 26.0 Å². The van der Waals surface area contributed by atoms with Crippen molar-refractivity contribution in [2.45, 2.75) is 44.9 Å². The average Bonchev–Trinajstić information content (AvgIpc) is 2.94. The Morgan fingerprint density at radius 1 is 1.00 bits per heavy atom. The molecular weight excluding hydrogens is 540 g/mol. The minimum absolute atomic E-state index is 0.0554. The second-order valence-corrected chi connectivity index (χ2v) is 9.86. The minimum atomic E-state index is -1.39. The lowest BCUT2D eigenvalue weighted by Gasteiger charge is -2.35. The molecule has 0 bridgehead atoms. The summed E-state index contributed by atoms with van der Waals surface area (Å²) in [6.07, 6.45) is 1.25. The van der Waals surface area contributed by atoms with Crippen LogP contribution in [0.5, 0.6) is 0 Å². The largest absolute Gasteiger partial charge is 0.467 e. The van der Waals surface area contributed by atoms with Gasteiger partial charge in [0.2, 0.25) is 17.7 Å². The normalized spacial score (nSPS) is 14.0. The number of amides is 4. The molecule has 0 aliphatic heterocycles. The Morgan fingerprint density at radius 2 is 1.62 bits per heavy atom. The Labute approximate surface area is 238 Å². The van der Waals surface area contributed by atoms with Crippen LogP contribution in [0.3, 0.4) is 0 Å². The maximum atomic E-state index is 13.2. The van der Waals surface area contributed by atoms with Crippen molar-refractivity contribution < 1.29 is 33.8 Å². The molecule has 0 saturated heterocycles. The lowest BCUT2D eigenvalue weighted by atomic mass is 10.0. The van der Waals surface area contributed by atoms with Crippen molar-refractivity contribution in [1.82, 2.24) is 30.4 Å². The zero-order valence-electron chi connectivity index (χ0n) is 23.3. The molecule has 3 N–H and O–H groups in total. The number of ether oxygens (including phenoxy) is 1. The smallest absolute Gasteiger partial charge is 0.328 e. The molecule has 218 valence electrons. The molecule has 1 aromatic heterocycles. The van der Waals surface area contributed by atoms with Crippen molar-refractivity contribution in [3.8, 4) is 0 Å². The highest BCUT2D eigenvalue weighted by molar-refractivity contribution is 7.80. The first kappa shape index (κ1) is 32.4. The fraction of sp³-hybridized carbons (Fsp3) is 0.500. The maximum Gasteiger partial charge on any atom is 0.328 e. The minimum Gasteiger partial charge on any atom is -0.467 e. The summed E-state index contributed by atoms with van der Waals surface area (Å²) in [7, 11) is 4.05. The van der Waals surface area contributed by atoms with Gasteiger partial charge in [0, 0.05) is 19.8 Å². The second-order valence-electron chi connectivity index (χ2n) is 9.49. The maximum absolute atomic E-state index is 13.2. The van der Waals surface area contributed by atoms with Crippen molar-refractivity contribution in [2.24, 2.45) is 5.92 Å². The Morgan fingerprint density at radius 3 is 2.17 bits per heavy atom. The summed E-state index contributed by atoms with van der Waals surface area (Å²) in [5, 5.41) is 14.6. The predicted octanol–water partition coefficient (Wildman–Crippen LogP) is -0.362. The first-order valence-electron chi connectivity index (χ1n) is 12.5. The van der Waals surface area contributed by atoms with E-state index in [1.54, 1.807) is 38.1 Å². The number of esters is 1. The summed E-state index contributed by atoms with van der Waals surface area (Å²) in [4.78, 5) is 74.8. The van der Waals surface area contributed by atoms with Crippen LogP contribution in [0, 0.1) is 5.92 Å². The number of aromatic nitrogens is 2. The second kappa shape index (κ2) is 14.6. The van der Waals surface area contributed by atoms with Gasteiger partial charge >= 0.3 is 5.97 Å². The number of thiol groups is 1. The molecule has 3 unspecified atom stereocenters. The monoisotopic (exact) mass is 576 g/mol. The van der Waals surface area contributed by atoms with Crippen LogP contribution in [0.2, 0.25) is 0 Å². The number of carbonyl (C=O) groups excluding carboxylic acids is 5. The number of likely N-dealkylation sites (N-methyl/N-ethyl adjacent to an activating group) is 2. The number of fused-ring (bicyclic) bond motifs is 1. The summed E-state index contributed by atoms with van der Waals surface area (Å²) in [5.41, 5.74) is 1.01. The van der Waals surface area contributed by atoms with E-state index in [9.17, 15) is 29.1 Å². The van der Waals surface area contributed by atoms with Crippen LogP contribution < -0.4 is 10.6 Å². The van der Waals surface area contributed by atoms with Crippen LogP contribution in [0.1, 0.15) is 31.3 Å². The number of hydrogen-bond acceptors (Lipinski definition) is 10. The van der Waals surface area contributed by atoms with Gasteiger partial charge in [0.1, 0.15) is 29.9 Å². The quantitative estimate of drug-likeness (QED) is 0.195. The van der Waals surface area contributed by atoms with E-state index >= 15 is 0 Å². The predicted molar refractivity (Wildman–Crippen MR) is 149 cm³/mol. The summed E-state index contributed by atoms with van der Waals surface area (Å²) < 4.78 is 4.82. The third-order valence-electron chi connectivity index (χ3n) is 6.33. The van der Waals surface area contributed by atoms with Crippen molar-refractivity contribution in [3.05, 3.63) is 36.2 Å². The lowest BCUT2D eigenvalue weighted by Crippen LogP contribution is -2.59. The number of rotatable bonds is 12. The molecule has 2 rings (SSSR count). The van der Waals surface area contributed by atoms with Gasteiger partial charge < -0.3 is 30.3 Å². The molecule has 0 fully saturated rings. The summed E-state index contributed by atoms with van der Waals surface area (Å²) in [6, 6.07) is 2.48.